The van der Waals surface area contributed by atoms with E-state index in [2.05, 4.69) is 20.9 Å². The Labute approximate surface area is 91.5 Å². The van der Waals surface area contributed by atoms with Gasteiger partial charge < -0.3 is 10.8 Å². The standard InChI is InChI=1S/C8H5BrN2O2S/c9-4-2-14-6-3(8(12)13)1-11-7(10)5(4)6/h1-2H,(H2,10,11)(H,12,13). The van der Waals surface area contributed by atoms with Gasteiger partial charge in [-0.05, 0) is 15.9 Å². The maximum Gasteiger partial charge on any atom is 0.338 e. The molecule has 0 atom stereocenters. The molecular formula is C8H5BrN2O2S. The number of halogens is 1. The van der Waals surface area contributed by atoms with Crippen LogP contribution in [-0.2, 0) is 0 Å². The average Bonchev–Trinajstić information content (AvgIpc) is 2.49. The summed E-state index contributed by atoms with van der Waals surface area (Å²) in [5.74, 6) is -0.644. The molecule has 72 valence electrons. The first-order chi connectivity index (χ1) is 6.61. The lowest BCUT2D eigenvalue weighted by Crippen LogP contribution is -1.99. The van der Waals surface area contributed by atoms with Gasteiger partial charge in [0.15, 0.2) is 0 Å². The molecule has 0 saturated carbocycles. The van der Waals surface area contributed by atoms with Crippen LogP contribution in [0.25, 0.3) is 10.1 Å². The number of thiophene rings is 1. The van der Waals surface area contributed by atoms with E-state index in [9.17, 15) is 4.79 Å². The minimum Gasteiger partial charge on any atom is -0.478 e. The molecule has 0 saturated heterocycles. The number of fused-ring (bicyclic) bond motifs is 1. The summed E-state index contributed by atoms with van der Waals surface area (Å²) in [4.78, 5) is 14.7. The highest BCUT2D eigenvalue weighted by Crippen LogP contribution is 2.35. The number of aromatic carboxylic acids is 1. The summed E-state index contributed by atoms with van der Waals surface area (Å²) in [6.07, 6.45) is 1.28. The number of nitrogens with two attached hydrogens (primary N) is 1. The predicted molar refractivity (Wildman–Crippen MR) is 58.7 cm³/mol. The molecule has 0 bridgehead atoms. The van der Waals surface area contributed by atoms with E-state index in [4.69, 9.17) is 10.8 Å². The van der Waals surface area contributed by atoms with E-state index in [1.165, 1.54) is 17.5 Å². The first-order valence-electron chi connectivity index (χ1n) is 3.65. The van der Waals surface area contributed by atoms with Gasteiger partial charge in [-0.3, -0.25) is 0 Å². The van der Waals surface area contributed by atoms with Gasteiger partial charge >= 0.3 is 5.97 Å². The minimum absolute atomic E-state index is 0.185. The molecule has 0 amide bonds. The Morgan fingerprint density at radius 3 is 3.00 bits per heavy atom. The van der Waals surface area contributed by atoms with Crippen LogP contribution in [0.5, 0.6) is 0 Å². The summed E-state index contributed by atoms with van der Waals surface area (Å²) >= 11 is 4.63. The summed E-state index contributed by atoms with van der Waals surface area (Å²) in [6.45, 7) is 0. The van der Waals surface area contributed by atoms with Crippen LogP contribution in [0.15, 0.2) is 16.0 Å². The van der Waals surface area contributed by atoms with Gasteiger partial charge in [0.1, 0.15) is 5.82 Å². The maximum absolute atomic E-state index is 10.8. The van der Waals surface area contributed by atoms with E-state index in [1.54, 1.807) is 5.38 Å². The molecule has 0 spiro atoms. The van der Waals surface area contributed by atoms with Gasteiger partial charge in [0, 0.05) is 21.4 Å². The van der Waals surface area contributed by atoms with Gasteiger partial charge in [-0.1, -0.05) is 0 Å². The number of carboxylic acids is 1. The summed E-state index contributed by atoms with van der Waals surface area (Å²) < 4.78 is 1.43. The molecule has 14 heavy (non-hydrogen) atoms. The molecule has 6 heteroatoms. The lowest BCUT2D eigenvalue weighted by molar-refractivity contribution is 0.0699. The zero-order valence-corrected chi connectivity index (χ0v) is 9.22. The topological polar surface area (TPSA) is 76.2 Å². The normalized spacial score (nSPS) is 10.6. The van der Waals surface area contributed by atoms with E-state index in [-0.39, 0.29) is 5.56 Å². The van der Waals surface area contributed by atoms with E-state index in [0.29, 0.717) is 15.9 Å². The number of pyridine rings is 1. The van der Waals surface area contributed by atoms with Gasteiger partial charge in [0.2, 0.25) is 0 Å². The van der Waals surface area contributed by atoms with Crippen LogP contribution in [0.1, 0.15) is 10.4 Å². The molecule has 2 rings (SSSR count). The van der Waals surface area contributed by atoms with Crippen LogP contribution in [0.3, 0.4) is 0 Å². The molecule has 2 aromatic heterocycles. The highest BCUT2D eigenvalue weighted by Gasteiger charge is 2.14. The van der Waals surface area contributed by atoms with Crippen molar-refractivity contribution >= 4 is 49.1 Å². The fourth-order valence-electron chi connectivity index (χ4n) is 1.18. The van der Waals surface area contributed by atoms with Crippen LogP contribution in [-0.4, -0.2) is 16.1 Å². The molecular weight excluding hydrogens is 268 g/mol. The number of hydrogen-bond donors (Lipinski definition) is 2. The largest absolute Gasteiger partial charge is 0.478 e. The summed E-state index contributed by atoms with van der Waals surface area (Å²) in [7, 11) is 0. The molecule has 2 heterocycles. The lowest BCUT2D eigenvalue weighted by atomic mass is 10.2. The van der Waals surface area contributed by atoms with Crippen LogP contribution < -0.4 is 5.73 Å². The summed E-state index contributed by atoms with van der Waals surface area (Å²) in [5, 5.41) is 11.4. The second kappa shape index (κ2) is 3.21. The predicted octanol–water partition coefficient (Wildman–Crippen LogP) is 2.34. The molecule has 3 N–H and O–H groups in total. The van der Waals surface area contributed by atoms with Crippen LogP contribution in [0.2, 0.25) is 0 Å². The fraction of sp³-hybridized carbons (Fsp3) is 0. The number of nitrogen functional groups attached to an aromatic ring is 1. The number of hydrogen-bond acceptors (Lipinski definition) is 4. The van der Waals surface area contributed by atoms with E-state index in [1.807, 2.05) is 0 Å². The molecule has 0 aliphatic rings. The van der Waals surface area contributed by atoms with Crippen molar-refractivity contribution in [3.05, 3.63) is 21.6 Å². The number of nitrogens with zero attached hydrogens (tertiary/aromatic N) is 1. The Morgan fingerprint density at radius 2 is 2.36 bits per heavy atom. The first-order valence-corrected chi connectivity index (χ1v) is 5.33. The van der Waals surface area contributed by atoms with Gasteiger partial charge in [0.25, 0.3) is 0 Å². The molecule has 0 aromatic carbocycles. The Morgan fingerprint density at radius 1 is 1.64 bits per heavy atom. The zero-order chi connectivity index (χ0) is 10.3. The number of carboxylic acid groups (broad SMARTS) is 1. The van der Waals surface area contributed by atoms with Crippen molar-refractivity contribution in [2.45, 2.75) is 0 Å². The number of aromatic nitrogens is 1. The van der Waals surface area contributed by atoms with Crippen molar-refractivity contribution in [3.63, 3.8) is 0 Å². The Hall–Kier alpha value is -1.14. The van der Waals surface area contributed by atoms with Gasteiger partial charge in [-0.2, -0.15) is 0 Å². The van der Waals surface area contributed by atoms with E-state index in [0.717, 1.165) is 4.47 Å². The Balaban J connectivity index is 2.90. The molecule has 2 aromatic rings. The third-order valence-electron chi connectivity index (χ3n) is 1.81. The third kappa shape index (κ3) is 1.27. The average molecular weight is 273 g/mol. The van der Waals surface area contributed by atoms with Crippen molar-refractivity contribution in [3.8, 4) is 0 Å². The summed E-state index contributed by atoms with van der Waals surface area (Å²) in [5.41, 5.74) is 5.83. The highest BCUT2D eigenvalue weighted by atomic mass is 79.9. The molecule has 4 nitrogen and oxygen atoms in total. The van der Waals surface area contributed by atoms with Crippen molar-refractivity contribution in [2.24, 2.45) is 0 Å². The van der Waals surface area contributed by atoms with Gasteiger partial charge in [-0.15, -0.1) is 11.3 Å². The van der Waals surface area contributed by atoms with Crippen molar-refractivity contribution in [1.82, 2.24) is 4.98 Å². The van der Waals surface area contributed by atoms with Crippen molar-refractivity contribution < 1.29 is 9.90 Å². The third-order valence-corrected chi connectivity index (χ3v) is 3.75. The summed E-state index contributed by atoms with van der Waals surface area (Å²) in [6, 6.07) is 0. The van der Waals surface area contributed by atoms with Crippen LogP contribution in [0, 0.1) is 0 Å². The molecule has 0 aliphatic heterocycles. The molecule has 0 aliphatic carbocycles. The molecule has 0 unspecified atom stereocenters. The second-order valence-corrected chi connectivity index (χ2v) is 4.38. The molecule has 0 fully saturated rings. The smallest absolute Gasteiger partial charge is 0.338 e. The molecule has 0 radical (unpaired) electrons. The number of anilines is 1. The van der Waals surface area contributed by atoms with Crippen LogP contribution in [0.4, 0.5) is 5.82 Å². The van der Waals surface area contributed by atoms with Gasteiger partial charge in [0.05, 0.1) is 10.3 Å². The monoisotopic (exact) mass is 272 g/mol. The maximum atomic E-state index is 10.8. The fourth-order valence-corrected chi connectivity index (χ4v) is 2.93. The van der Waals surface area contributed by atoms with E-state index >= 15 is 0 Å². The zero-order valence-electron chi connectivity index (χ0n) is 6.82. The SMILES string of the molecule is Nc1ncc(C(=O)O)c2scc(Br)c12. The van der Waals surface area contributed by atoms with E-state index < -0.39 is 5.97 Å². The van der Waals surface area contributed by atoms with Crippen molar-refractivity contribution in [2.75, 3.05) is 5.73 Å². The Bertz CT molecular complexity index is 523. The van der Waals surface area contributed by atoms with Gasteiger partial charge in [-0.25, -0.2) is 9.78 Å². The quantitative estimate of drug-likeness (QED) is 0.836. The number of rotatable bonds is 1. The highest BCUT2D eigenvalue weighted by molar-refractivity contribution is 9.10. The number of carbonyl (C=O) groups is 1. The van der Waals surface area contributed by atoms with Crippen LogP contribution >= 0.6 is 27.3 Å². The minimum atomic E-state index is -0.989. The first kappa shape index (κ1) is 9.42. The Kier molecular flexibility index (Phi) is 2.16. The van der Waals surface area contributed by atoms with Crippen molar-refractivity contribution in [1.29, 1.82) is 0 Å². The lowest BCUT2D eigenvalue weighted by Gasteiger charge is -1.99. The second-order valence-electron chi connectivity index (χ2n) is 2.65.